The fourth-order valence-corrected chi connectivity index (χ4v) is 4.57. The lowest BCUT2D eigenvalue weighted by molar-refractivity contribution is -0.385. The quantitative estimate of drug-likeness (QED) is 0.181. The van der Waals surface area contributed by atoms with Crippen molar-refractivity contribution in [3.8, 4) is 0 Å². The summed E-state index contributed by atoms with van der Waals surface area (Å²) < 4.78 is 0. The van der Waals surface area contributed by atoms with Gasteiger partial charge in [-0.3, -0.25) is 24.6 Å². The Bertz CT molecular complexity index is 1290. The highest BCUT2D eigenvalue weighted by Crippen LogP contribution is 2.28. The average molecular weight is 500 g/mol. The van der Waals surface area contributed by atoms with E-state index in [-0.39, 0.29) is 35.3 Å². The van der Waals surface area contributed by atoms with E-state index < -0.39 is 16.7 Å². The van der Waals surface area contributed by atoms with Gasteiger partial charge in [0.25, 0.3) is 17.5 Å². The Morgan fingerprint density at radius 2 is 1.49 bits per heavy atom. The summed E-state index contributed by atoms with van der Waals surface area (Å²) in [5.41, 5.74) is 0.246. The van der Waals surface area contributed by atoms with Crippen LogP contribution in [0.5, 0.6) is 0 Å². The first-order chi connectivity index (χ1) is 18.0. The van der Waals surface area contributed by atoms with Crippen molar-refractivity contribution in [3.63, 3.8) is 0 Å². The fraction of sp³-hybridized carbons (Fsp3) is 0.241. The lowest BCUT2D eigenvalue weighted by Crippen LogP contribution is -2.43. The molecule has 0 radical (unpaired) electrons. The molecule has 3 aromatic rings. The van der Waals surface area contributed by atoms with Gasteiger partial charge in [0.2, 0.25) is 0 Å². The normalized spacial score (nSPS) is 14.4. The lowest BCUT2D eigenvalue weighted by Gasteiger charge is -2.29. The van der Waals surface area contributed by atoms with Crippen LogP contribution < -0.4 is 5.32 Å². The van der Waals surface area contributed by atoms with Gasteiger partial charge in [0.05, 0.1) is 11.5 Å². The third kappa shape index (κ3) is 6.22. The van der Waals surface area contributed by atoms with Crippen LogP contribution in [-0.4, -0.2) is 32.8 Å². The molecule has 0 aliphatic heterocycles. The Labute approximate surface area is 215 Å². The topological polar surface area (TPSA) is 113 Å². The molecule has 0 bridgehead atoms. The van der Waals surface area contributed by atoms with E-state index in [1.807, 2.05) is 6.07 Å². The molecule has 1 aliphatic rings. The van der Waals surface area contributed by atoms with Crippen LogP contribution in [0.3, 0.4) is 0 Å². The molecule has 2 N–H and O–H groups in total. The molecule has 0 heterocycles. The predicted octanol–water partition coefficient (Wildman–Crippen LogP) is 5.61. The van der Waals surface area contributed by atoms with Gasteiger partial charge in [-0.25, -0.2) is 0 Å². The zero-order chi connectivity index (χ0) is 26.2. The Kier molecular flexibility index (Phi) is 8.30. The number of amides is 2. The summed E-state index contributed by atoms with van der Waals surface area (Å²) in [5, 5.41) is 26.1. The van der Waals surface area contributed by atoms with Crippen molar-refractivity contribution in [2.75, 3.05) is 0 Å². The van der Waals surface area contributed by atoms with E-state index >= 15 is 0 Å². The molecule has 4 rings (SSSR count). The van der Waals surface area contributed by atoms with E-state index in [9.17, 15) is 24.8 Å². The van der Waals surface area contributed by atoms with E-state index in [1.54, 1.807) is 54.6 Å². The molecule has 1 saturated carbocycles. The lowest BCUT2D eigenvalue weighted by atomic mass is 9.95. The first kappa shape index (κ1) is 25.6. The summed E-state index contributed by atoms with van der Waals surface area (Å²) in [6.07, 6.45) is 4.68. The Morgan fingerprint density at radius 3 is 2.14 bits per heavy atom. The molecule has 190 valence electrons. The highest BCUT2D eigenvalue weighted by Gasteiger charge is 2.33. The maximum Gasteiger partial charge on any atom is 0.282 e. The number of hydrogen-bond acceptors (Lipinski definition) is 5. The van der Waals surface area contributed by atoms with Gasteiger partial charge in [0, 0.05) is 17.7 Å². The second-order valence-corrected chi connectivity index (χ2v) is 9.02. The smallest absolute Gasteiger partial charge is 0.282 e. The van der Waals surface area contributed by atoms with Crippen LogP contribution in [0.2, 0.25) is 0 Å². The van der Waals surface area contributed by atoms with Gasteiger partial charge < -0.3 is 10.4 Å². The largest absolute Gasteiger partial charge is 0.505 e. The van der Waals surface area contributed by atoms with Gasteiger partial charge >= 0.3 is 0 Å². The molecule has 8 heteroatoms. The van der Waals surface area contributed by atoms with E-state index in [4.69, 9.17) is 0 Å². The van der Waals surface area contributed by atoms with Crippen molar-refractivity contribution < 1.29 is 19.6 Å². The van der Waals surface area contributed by atoms with Gasteiger partial charge in [0.15, 0.2) is 11.5 Å². The number of aliphatic hydroxyl groups is 1. The summed E-state index contributed by atoms with van der Waals surface area (Å²) in [6, 6.07) is 23.0. The SMILES string of the molecule is O=C(NC1CCCCC1)/C(=C(/O)c1ccccc1)N(Cc1ccccc1)C(=O)c1ccccc1[N+](=O)[O-]. The van der Waals surface area contributed by atoms with E-state index in [1.165, 1.54) is 24.3 Å². The molecule has 0 unspecified atom stereocenters. The number of nitrogens with one attached hydrogen (secondary N) is 1. The van der Waals surface area contributed by atoms with Crippen molar-refractivity contribution in [3.05, 3.63) is 117 Å². The second-order valence-electron chi connectivity index (χ2n) is 9.02. The molecule has 0 spiro atoms. The predicted molar refractivity (Wildman–Crippen MR) is 140 cm³/mol. The zero-order valence-corrected chi connectivity index (χ0v) is 20.4. The number of nitro benzene ring substituents is 1. The number of aliphatic hydroxyl groups excluding tert-OH is 1. The number of benzene rings is 3. The maximum absolute atomic E-state index is 13.9. The fourth-order valence-electron chi connectivity index (χ4n) is 4.57. The highest BCUT2D eigenvalue weighted by atomic mass is 16.6. The molecule has 0 saturated heterocycles. The molecule has 0 aromatic heterocycles. The monoisotopic (exact) mass is 499 g/mol. The van der Waals surface area contributed by atoms with Crippen LogP contribution in [0.25, 0.3) is 5.76 Å². The summed E-state index contributed by atoms with van der Waals surface area (Å²) in [7, 11) is 0. The Balaban J connectivity index is 1.85. The molecule has 1 fully saturated rings. The minimum Gasteiger partial charge on any atom is -0.505 e. The van der Waals surface area contributed by atoms with E-state index in [2.05, 4.69) is 5.32 Å². The number of nitrogens with zero attached hydrogens (tertiary/aromatic N) is 2. The standard InChI is InChI=1S/C29H29N3O5/c33-27(22-14-6-2-7-15-22)26(28(34)30-23-16-8-3-9-17-23)31(20-21-12-4-1-5-13-21)29(35)24-18-10-11-19-25(24)32(36)37/h1-2,4-7,10-15,18-19,23,33H,3,8-9,16-17,20H2,(H,30,34)/b27-26-. The van der Waals surface area contributed by atoms with Crippen molar-refractivity contribution in [2.45, 2.75) is 44.7 Å². The summed E-state index contributed by atoms with van der Waals surface area (Å²) in [4.78, 5) is 39.9. The molecule has 37 heavy (non-hydrogen) atoms. The molecule has 1 aliphatic carbocycles. The molecule has 0 atom stereocenters. The van der Waals surface area contributed by atoms with Crippen LogP contribution in [0.15, 0.2) is 90.6 Å². The average Bonchev–Trinajstić information content (AvgIpc) is 2.93. The number of hydrogen-bond donors (Lipinski definition) is 2. The minimum atomic E-state index is -0.757. The second kappa shape index (κ2) is 12.0. The number of carbonyl (C=O) groups excluding carboxylic acids is 2. The van der Waals surface area contributed by atoms with Crippen molar-refractivity contribution in [1.82, 2.24) is 10.2 Å². The Morgan fingerprint density at radius 1 is 0.892 bits per heavy atom. The molecular weight excluding hydrogens is 470 g/mol. The highest BCUT2D eigenvalue weighted by molar-refractivity contribution is 6.07. The molecular formula is C29H29N3O5. The van der Waals surface area contributed by atoms with Crippen LogP contribution >= 0.6 is 0 Å². The van der Waals surface area contributed by atoms with Crippen LogP contribution in [0, 0.1) is 10.1 Å². The molecule has 8 nitrogen and oxygen atoms in total. The number of carbonyl (C=O) groups is 2. The maximum atomic E-state index is 13.9. The zero-order valence-electron chi connectivity index (χ0n) is 20.4. The third-order valence-electron chi connectivity index (χ3n) is 6.46. The van der Waals surface area contributed by atoms with Crippen molar-refractivity contribution >= 4 is 23.3 Å². The summed E-state index contributed by atoms with van der Waals surface area (Å²) >= 11 is 0. The molecule has 3 aromatic carbocycles. The summed E-state index contributed by atoms with van der Waals surface area (Å²) in [5.74, 6) is -1.74. The van der Waals surface area contributed by atoms with Gasteiger partial charge in [-0.2, -0.15) is 0 Å². The van der Waals surface area contributed by atoms with Crippen molar-refractivity contribution in [2.24, 2.45) is 0 Å². The number of para-hydroxylation sites is 1. The van der Waals surface area contributed by atoms with Gasteiger partial charge in [0.1, 0.15) is 5.56 Å². The van der Waals surface area contributed by atoms with E-state index in [0.29, 0.717) is 11.1 Å². The number of nitro groups is 1. The van der Waals surface area contributed by atoms with E-state index in [0.717, 1.165) is 37.0 Å². The minimum absolute atomic E-state index is 0.0734. The van der Waals surface area contributed by atoms with Gasteiger partial charge in [-0.1, -0.05) is 92.1 Å². The van der Waals surface area contributed by atoms with Gasteiger partial charge in [-0.15, -0.1) is 0 Å². The Hall–Kier alpha value is -4.46. The van der Waals surface area contributed by atoms with Crippen LogP contribution in [-0.2, 0) is 11.3 Å². The molecule has 2 amide bonds. The first-order valence-electron chi connectivity index (χ1n) is 12.3. The third-order valence-corrected chi connectivity index (χ3v) is 6.46. The number of rotatable bonds is 8. The van der Waals surface area contributed by atoms with Crippen LogP contribution in [0.1, 0.15) is 53.6 Å². The summed E-state index contributed by atoms with van der Waals surface area (Å²) in [6.45, 7) is -0.0734. The van der Waals surface area contributed by atoms with Crippen molar-refractivity contribution in [1.29, 1.82) is 0 Å². The first-order valence-corrected chi connectivity index (χ1v) is 12.3. The van der Waals surface area contributed by atoms with Gasteiger partial charge in [-0.05, 0) is 24.5 Å². The van der Waals surface area contributed by atoms with Crippen LogP contribution in [0.4, 0.5) is 5.69 Å².